The van der Waals surface area contributed by atoms with E-state index < -0.39 is 23.2 Å². The van der Waals surface area contributed by atoms with Gasteiger partial charge in [-0.15, -0.1) is 0 Å². The number of anilines is 1. The zero-order valence-electron chi connectivity index (χ0n) is 13.8. The van der Waals surface area contributed by atoms with Crippen LogP contribution in [0.2, 0.25) is 0 Å². The zero-order chi connectivity index (χ0) is 18.8. The van der Waals surface area contributed by atoms with E-state index in [2.05, 4.69) is 10.4 Å². The predicted octanol–water partition coefficient (Wildman–Crippen LogP) is 1.58. The third kappa shape index (κ3) is 3.30. The number of primary amides is 1. The minimum Gasteiger partial charge on any atom is -0.366 e. The monoisotopic (exact) mass is 354 g/mol. The van der Waals surface area contributed by atoms with Crippen molar-refractivity contribution in [2.24, 2.45) is 5.73 Å². The highest BCUT2D eigenvalue weighted by molar-refractivity contribution is 5.97. The summed E-state index contributed by atoms with van der Waals surface area (Å²) in [5.74, 6) is -2.07. The lowest BCUT2D eigenvalue weighted by Gasteiger charge is -2.11. The molecule has 0 saturated carbocycles. The van der Waals surface area contributed by atoms with Crippen LogP contribution >= 0.6 is 0 Å². The summed E-state index contributed by atoms with van der Waals surface area (Å²) < 4.78 is 14.9. The molecule has 3 aromatic rings. The first-order chi connectivity index (χ1) is 12.4. The Bertz CT molecular complexity index is 1090. The largest absolute Gasteiger partial charge is 0.366 e. The van der Waals surface area contributed by atoms with Crippen LogP contribution in [0, 0.1) is 12.7 Å². The molecule has 2 aromatic carbocycles. The van der Waals surface area contributed by atoms with E-state index >= 15 is 0 Å². The summed E-state index contributed by atoms with van der Waals surface area (Å²) in [6, 6.07) is 9.18. The summed E-state index contributed by atoms with van der Waals surface area (Å²) in [6.45, 7) is 1.10. The van der Waals surface area contributed by atoms with Gasteiger partial charge in [0.25, 0.3) is 5.56 Å². The summed E-state index contributed by atoms with van der Waals surface area (Å²) >= 11 is 0. The standard InChI is InChI=1S/C18H15FN4O3/c1-10-14(19)6-12(17(20)25)7-15(10)22-16(24)9-23-18(26)13-5-3-2-4-11(13)8-21-23/h2-8H,9H2,1H3,(H2,20,25)(H,22,24). The van der Waals surface area contributed by atoms with Gasteiger partial charge in [-0.1, -0.05) is 18.2 Å². The number of amides is 2. The Morgan fingerprint density at radius 3 is 2.73 bits per heavy atom. The SMILES string of the molecule is Cc1c(F)cc(C(N)=O)cc1NC(=O)Cn1ncc2ccccc2c1=O. The van der Waals surface area contributed by atoms with Gasteiger partial charge in [0.15, 0.2) is 0 Å². The minimum atomic E-state index is -0.813. The summed E-state index contributed by atoms with van der Waals surface area (Å²) in [4.78, 5) is 35.9. The first-order valence-electron chi connectivity index (χ1n) is 7.71. The van der Waals surface area contributed by atoms with Gasteiger partial charge in [-0.25, -0.2) is 9.07 Å². The van der Waals surface area contributed by atoms with Gasteiger partial charge in [-0.3, -0.25) is 14.4 Å². The fraction of sp³-hybridized carbons (Fsp3) is 0.111. The number of nitrogens with zero attached hydrogens (tertiary/aromatic N) is 2. The predicted molar refractivity (Wildman–Crippen MR) is 94.3 cm³/mol. The molecule has 3 N–H and O–H groups in total. The van der Waals surface area contributed by atoms with Crippen LogP contribution in [0.1, 0.15) is 15.9 Å². The van der Waals surface area contributed by atoms with Crippen molar-refractivity contribution in [1.82, 2.24) is 9.78 Å². The Balaban J connectivity index is 1.87. The fourth-order valence-electron chi connectivity index (χ4n) is 2.52. The number of rotatable bonds is 4. The van der Waals surface area contributed by atoms with Crippen molar-refractivity contribution in [2.45, 2.75) is 13.5 Å². The van der Waals surface area contributed by atoms with Gasteiger partial charge in [0.1, 0.15) is 12.4 Å². The first kappa shape index (κ1) is 17.3. The normalized spacial score (nSPS) is 10.7. The lowest BCUT2D eigenvalue weighted by molar-refractivity contribution is -0.117. The lowest BCUT2D eigenvalue weighted by Crippen LogP contribution is -2.29. The maximum Gasteiger partial charge on any atom is 0.275 e. The van der Waals surface area contributed by atoms with Gasteiger partial charge in [-0.2, -0.15) is 5.10 Å². The molecule has 1 heterocycles. The minimum absolute atomic E-state index is 0.0654. The Labute approximate surface area is 147 Å². The van der Waals surface area contributed by atoms with E-state index in [4.69, 9.17) is 5.73 Å². The van der Waals surface area contributed by atoms with E-state index in [0.29, 0.717) is 10.8 Å². The Morgan fingerprint density at radius 1 is 1.27 bits per heavy atom. The third-order valence-corrected chi connectivity index (χ3v) is 3.96. The van der Waals surface area contributed by atoms with Crippen LogP contribution < -0.4 is 16.6 Å². The van der Waals surface area contributed by atoms with Crippen molar-refractivity contribution in [3.8, 4) is 0 Å². The molecule has 0 radical (unpaired) electrons. The number of carbonyl (C=O) groups excluding carboxylic acids is 2. The molecule has 0 aliphatic carbocycles. The highest BCUT2D eigenvalue weighted by Crippen LogP contribution is 2.20. The summed E-state index contributed by atoms with van der Waals surface area (Å²) in [7, 11) is 0. The lowest BCUT2D eigenvalue weighted by atomic mass is 10.1. The average Bonchev–Trinajstić information content (AvgIpc) is 2.61. The van der Waals surface area contributed by atoms with Crippen molar-refractivity contribution in [2.75, 3.05) is 5.32 Å². The van der Waals surface area contributed by atoms with E-state index in [1.165, 1.54) is 19.2 Å². The molecule has 0 aliphatic rings. The summed E-state index contributed by atoms with van der Waals surface area (Å²) in [5, 5.41) is 7.56. The Hall–Kier alpha value is -3.55. The fourth-order valence-corrected chi connectivity index (χ4v) is 2.52. The van der Waals surface area contributed by atoms with E-state index in [1.54, 1.807) is 24.3 Å². The quantitative estimate of drug-likeness (QED) is 0.742. The van der Waals surface area contributed by atoms with Gasteiger partial charge in [-0.05, 0) is 25.1 Å². The summed E-state index contributed by atoms with van der Waals surface area (Å²) in [5.41, 5.74) is 4.94. The highest BCUT2D eigenvalue weighted by Gasteiger charge is 2.14. The van der Waals surface area contributed by atoms with Crippen molar-refractivity contribution in [1.29, 1.82) is 0 Å². The molecule has 0 atom stereocenters. The molecular weight excluding hydrogens is 339 g/mol. The second kappa shape index (κ2) is 6.75. The molecule has 7 nitrogen and oxygen atoms in total. The summed E-state index contributed by atoms with van der Waals surface area (Å²) in [6.07, 6.45) is 1.49. The van der Waals surface area contributed by atoms with Gasteiger partial charge >= 0.3 is 0 Å². The molecule has 8 heteroatoms. The molecule has 1 aromatic heterocycles. The Kier molecular flexibility index (Phi) is 4.49. The number of hydrogen-bond acceptors (Lipinski definition) is 4. The van der Waals surface area contributed by atoms with Gasteiger partial charge in [0.05, 0.1) is 11.6 Å². The molecule has 0 bridgehead atoms. The number of nitrogens with two attached hydrogens (primary N) is 1. The smallest absolute Gasteiger partial charge is 0.275 e. The number of hydrogen-bond donors (Lipinski definition) is 2. The zero-order valence-corrected chi connectivity index (χ0v) is 13.8. The molecule has 2 amide bonds. The molecular formula is C18H15FN4O3. The molecule has 0 aliphatic heterocycles. The molecule has 0 fully saturated rings. The number of benzene rings is 2. The molecule has 132 valence electrons. The highest BCUT2D eigenvalue weighted by atomic mass is 19.1. The van der Waals surface area contributed by atoms with Crippen molar-refractivity contribution < 1.29 is 14.0 Å². The average molecular weight is 354 g/mol. The number of fused-ring (bicyclic) bond motifs is 1. The van der Waals surface area contributed by atoms with E-state index in [1.807, 2.05) is 0 Å². The van der Waals surface area contributed by atoms with Gasteiger partial charge in [0.2, 0.25) is 11.8 Å². The first-order valence-corrected chi connectivity index (χ1v) is 7.71. The maximum absolute atomic E-state index is 13.9. The number of halogens is 1. The van der Waals surface area contributed by atoms with E-state index in [0.717, 1.165) is 10.7 Å². The van der Waals surface area contributed by atoms with E-state index in [9.17, 15) is 18.8 Å². The van der Waals surface area contributed by atoms with E-state index in [-0.39, 0.29) is 23.4 Å². The van der Waals surface area contributed by atoms with Crippen LogP contribution in [0.25, 0.3) is 10.8 Å². The van der Waals surface area contributed by atoms with Gasteiger partial charge < -0.3 is 11.1 Å². The maximum atomic E-state index is 13.9. The van der Waals surface area contributed by atoms with Crippen LogP contribution in [0.15, 0.2) is 47.4 Å². The second-order valence-corrected chi connectivity index (χ2v) is 5.74. The molecule has 0 unspecified atom stereocenters. The van der Waals surface area contributed by atoms with Crippen LogP contribution in [0.4, 0.5) is 10.1 Å². The van der Waals surface area contributed by atoms with Gasteiger partial charge in [0, 0.05) is 22.2 Å². The van der Waals surface area contributed by atoms with Crippen LogP contribution in [-0.2, 0) is 11.3 Å². The van der Waals surface area contributed by atoms with Crippen LogP contribution in [-0.4, -0.2) is 21.6 Å². The number of aromatic nitrogens is 2. The molecule has 26 heavy (non-hydrogen) atoms. The van der Waals surface area contributed by atoms with Crippen LogP contribution in [0.5, 0.6) is 0 Å². The third-order valence-electron chi connectivity index (χ3n) is 3.96. The number of nitrogens with one attached hydrogen (secondary N) is 1. The van der Waals surface area contributed by atoms with Crippen molar-refractivity contribution in [3.63, 3.8) is 0 Å². The van der Waals surface area contributed by atoms with Crippen molar-refractivity contribution in [3.05, 3.63) is 69.9 Å². The molecule has 3 rings (SSSR count). The van der Waals surface area contributed by atoms with Crippen molar-refractivity contribution >= 4 is 28.3 Å². The molecule has 0 spiro atoms. The Morgan fingerprint density at radius 2 is 2.00 bits per heavy atom. The topological polar surface area (TPSA) is 107 Å². The second-order valence-electron chi connectivity index (χ2n) is 5.74. The van der Waals surface area contributed by atoms with Crippen LogP contribution in [0.3, 0.4) is 0 Å². The molecule has 0 saturated heterocycles. The number of carbonyl (C=O) groups is 2.